The highest BCUT2D eigenvalue weighted by Gasteiger charge is 2.23. The van der Waals surface area contributed by atoms with Gasteiger partial charge in [0.2, 0.25) is 5.91 Å². The van der Waals surface area contributed by atoms with Gasteiger partial charge < -0.3 is 15.3 Å². The molecule has 0 bridgehead atoms. The summed E-state index contributed by atoms with van der Waals surface area (Å²) in [6, 6.07) is 9.52. The summed E-state index contributed by atoms with van der Waals surface area (Å²) in [5, 5.41) is 22.7. The molecule has 146 valence electrons. The molecule has 28 heavy (non-hydrogen) atoms. The molecule has 1 saturated heterocycles. The van der Waals surface area contributed by atoms with Crippen LogP contribution in [0.1, 0.15) is 28.8 Å². The monoisotopic (exact) mass is 396 g/mol. The maximum absolute atomic E-state index is 12.6. The number of anilines is 2. The Labute approximate surface area is 169 Å². The first-order chi connectivity index (χ1) is 13.6. The van der Waals surface area contributed by atoms with Gasteiger partial charge in [-0.2, -0.15) is 5.26 Å². The van der Waals surface area contributed by atoms with Gasteiger partial charge in [0.1, 0.15) is 16.8 Å². The number of amides is 1. The fourth-order valence-corrected chi connectivity index (χ4v) is 5.23. The number of phenols is 1. The van der Waals surface area contributed by atoms with E-state index in [1.165, 1.54) is 4.88 Å². The van der Waals surface area contributed by atoms with E-state index >= 15 is 0 Å². The van der Waals surface area contributed by atoms with Gasteiger partial charge in [0.15, 0.2) is 0 Å². The Morgan fingerprint density at radius 3 is 2.57 bits per heavy atom. The molecule has 1 aromatic heterocycles. The average molecular weight is 397 g/mol. The lowest BCUT2D eigenvalue weighted by Crippen LogP contribution is -2.48. The van der Waals surface area contributed by atoms with Crippen molar-refractivity contribution in [3.63, 3.8) is 0 Å². The number of thiophene rings is 1. The lowest BCUT2D eigenvalue weighted by molar-refractivity contribution is -0.117. The molecule has 2 N–H and O–H groups in total. The van der Waals surface area contributed by atoms with E-state index in [-0.39, 0.29) is 11.7 Å². The standard InChI is InChI=1S/C21H24N4O2S/c22-13-18-17-3-1-2-4-19(17)28-21(18)23-20(27)14-24-9-11-25(12-10-24)15-5-7-16(26)8-6-15/h5-8,26H,1-4,9-12,14H2,(H,23,27). The van der Waals surface area contributed by atoms with E-state index in [0.717, 1.165) is 68.1 Å². The van der Waals surface area contributed by atoms with Gasteiger partial charge in [-0.05, 0) is 55.5 Å². The number of carbonyl (C=O) groups excluding carboxylic acids is 1. The lowest BCUT2D eigenvalue weighted by Gasteiger charge is -2.35. The number of hydrogen-bond acceptors (Lipinski definition) is 6. The summed E-state index contributed by atoms with van der Waals surface area (Å²) in [4.78, 5) is 18.2. The number of nitriles is 1. The summed E-state index contributed by atoms with van der Waals surface area (Å²) in [5.41, 5.74) is 2.91. The molecular weight excluding hydrogens is 372 g/mol. The fourth-order valence-electron chi connectivity index (χ4n) is 3.97. The van der Waals surface area contributed by atoms with Crippen molar-refractivity contribution >= 4 is 27.9 Å². The molecule has 1 amide bonds. The number of rotatable bonds is 4. The van der Waals surface area contributed by atoms with Crippen LogP contribution in [0.25, 0.3) is 0 Å². The normalized spacial score (nSPS) is 17.0. The Kier molecular flexibility index (Phi) is 5.51. The van der Waals surface area contributed by atoms with Crippen LogP contribution in [-0.2, 0) is 17.6 Å². The molecule has 0 saturated carbocycles. The maximum atomic E-state index is 12.6. The highest BCUT2D eigenvalue weighted by atomic mass is 32.1. The van der Waals surface area contributed by atoms with Crippen LogP contribution in [-0.4, -0.2) is 48.6 Å². The number of nitrogens with one attached hydrogen (secondary N) is 1. The Morgan fingerprint density at radius 1 is 1.14 bits per heavy atom. The van der Waals surface area contributed by atoms with E-state index in [1.54, 1.807) is 23.5 Å². The van der Waals surface area contributed by atoms with Crippen molar-refractivity contribution in [2.45, 2.75) is 25.7 Å². The number of benzene rings is 1. The molecule has 1 aliphatic heterocycles. The third kappa shape index (κ3) is 3.98. The molecule has 1 aliphatic carbocycles. The minimum atomic E-state index is -0.0480. The number of piperazine rings is 1. The molecule has 1 aromatic carbocycles. The average Bonchev–Trinajstić information content (AvgIpc) is 3.06. The van der Waals surface area contributed by atoms with Crippen LogP contribution in [0.5, 0.6) is 5.75 Å². The number of carbonyl (C=O) groups is 1. The first-order valence-corrected chi connectivity index (χ1v) is 10.6. The lowest BCUT2D eigenvalue weighted by atomic mass is 9.96. The van der Waals surface area contributed by atoms with Crippen molar-refractivity contribution in [1.29, 1.82) is 5.26 Å². The molecule has 0 radical (unpaired) electrons. The van der Waals surface area contributed by atoms with Gasteiger partial charge in [-0.15, -0.1) is 11.3 Å². The summed E-state index contributed by atoms with van der Waals surface area (Å²) in [6.45, 7) is 3.64. The van der Waals surface area contributed by atoms with Gasteiger partial charge >= 0.3 is 0 Å². The number of aromatic hydroxyl groups is 1. The van der Waals surface area contributed by atoms with Gasteiger partial charge in [0, 0.05) is 36.7 Å². The maximum Gasteiger partial charge on any atom is 0.239 e. The Hall–Kier alpha value is -2.56. The predicted molar refractivity (Wildman–Crippen MR) is 111 cm³/mol. The van der Waals surface area contributed by atoms with E-state index in [4.69, 9.17) is 0 Å². The minimum Gasteiger partial charge on any atom is -0.508 e. The summed E-state index contributed by atoms with van der Waals surface area (Å²) in [5.74, 6) is 0.222. The minimum absolute atomic E-state index is 0.0480. The summed E-state index contributed by atoms with van der Waals surface area (Å²) in [7, 11) is 0. The summed E-state index contributed by atoms with van der Waals surface area (Å²) in [6.07, 6.45) is 4.25. The topological polar surface area (TPSA) is 79.6 Å². The third-order valence-corrected chi connectivity index (χ3v) is 6.70. The zero-order valence-corrected chi connectivity index (χ0v) is 16.6. The second-order valence-corrected chi connectivity index (χ2v) is 8.46. The van der Waals surface area contributed by atoms with E-state index in [2.05, 4.69) is 21.2 Å². The molecular formula is C21H24N4O2S. The van der Waals surface area contributed by atoms with Crippen LogP contribution in [0.15, 0.2) is 24.3 Å². The van der Waals surface area contributed by atoms with Crippen LogP contribution in [0.4, 0.5) is 10.7 Å². The summed E-state index contributed by atoms with van der Waals surface area (Å²) < 4.78 is 0. The zero-order valence-electron chi connectivity index (χ0n) is 15.8. The first-order valence-electron chi connectivity index (χ1n) is 9.75. The Balaban J connectivity index is 1.32. The predicted octanol–water partition coefficient (Wildman–Crippen LogP) is 2.96. The van der Waals surface area contributed by atoms with Crippen molar-refractivity contribution in [3.05, 3.63) is 40.3 Å². The molecule has 2 aromatic rings. The zero-order chi connectivity index (χ0) is 19.5. The second-order valence-electron chi connectivity index (χ2n) is 7.35. The second kappa shape index (κ2) is 8.21. The van der Waals surface area contributed by atoms with Gasteiger partial charge in [0.25, 0.3) is 0 Å². The first kappa shape index (κ1) is 18.8. The van der Waals surface area contributed by atoms with Crippen LogP contribution < -0.4 is 10.2 Å². The van der Waals surface area contributed by atoms with Gasteiger partial charge in [0.05, 0.1) is 12.1 Å². The van der Waals surface area contributed by atoms with Crippen molar-refractivity contribution < 1.29 is 9.90 Å². The number of nitrogens with zero attached hydrogens (tertiary/aromatic N) is 3. The highest BCUT2D eigenvalue weighted by molar-refractivity contribution is 7.16. The van der Waals surface area contributed by atoms with Crippen molar-refractivity contribution in [2.24, 2.45) is 0 Å². The van der Waals surface area contributed by atoms with Gasteiger partial charge in [-0.3, -0.25) is 9.69 Å². The Bertz CT molecular complexity index is 892. The molecule has 4 rings (SSSR count). The van der Waals surface area contributed by atoms with Crippen molar-refractivity contribution in [2.75, 3.05) is 42.9 Å². The van der Waals surface area contributed by atoms with Crippen LogP contribution in [0.3, 0.4) is 0 Å². The largest absolute Gasteiger partial charge is 0.508 e. The van der Waals surface area contributed by atoms with Crippen LogP contribution in [0.2, 0.25) is 0 Å². The molecule has 1 fully saturated rings. The summed E-state index contributed by atoms with van der Waals surface area (Å²) >= 11 is 1.57. The molecule has 0 spiro atoms. The molecule has 2 heterocycles. The van der Waals surface area contributed by atoms with E-state index in [1.807, 2.05) is 12.1 Å². The van der Waals surface area contributed by atoms with Crippen molar-refractivity contribution in [3.8, 4) is 11.8 Å². The van der Waals surface area contributed by atoms with Gasteiger partial charge in [-0.25, -0.2) is 0 Å². The smallest absolute Gasteiger partial charge is 0.239 e. The van der Waals surface area contributed by atoms with E-state index in [9.17, 15) is 15.2 Å². The Morgan fingerprint density at radius 2 is 1.86 bits per heavy atom. The van der Waals surface area contributed by atoms with E-state index < -0.39 is 0 Å². The number of fused-ring (bicyclic) bond motifs is 1. The van der Waals surface area contributed by atoms with Crippen LogP contribution in [0, 0.1) is 11.3 Å². The number of aryl methyl sites for hydroxylation is 1. The van der Waals surface area contributed by atoms with E-state index in [0.29, 0.717) is 12.1 Å². The van der Waals surface area contributed by atoms with Crippen LogP contribution >= 0.6 is 11.3 Å². The molecule has 6 nitrogen and oxygen atoms in total. The SMILES string of the molecule is N#Cc1c(NC(=O)CN2CCN(c3ccc(O)cc3)CC2)sc2c1CCCC2. The number of hydrogen-bond donors (Lipinski definition) is 2. The fraction of sp³-hybridized carbons (Fsp3) is 0.429. The highest BCUT2D eigenvalue weighted by Crippen LogP contribution is 2.37. The molecule has 0 unspecified atom stereocenters. The molecule has 0 atom stereocenters. The quantitative estimate of drug-likeness (QED) is 0.831. The van der Waals surface area contributed by atoms with Gasteiger partial charge in [-0.1, -0.05) is 0 Å². The molecule has 2 aliphatic rings. The number of phenolic OH excluding ortho intramolecular Hbond substituents is 1. The third-order valence-electron chi connectivity index (χ3n) is 5.49. The molecule has 7 heteroatoms. The van der Waals surface area contributed by atoms with Crippen molar-refractivity contribution in [1.82, 2.24) is 4.90 Å².